The summed E-state index contributed by atoms with van der Waals surface area (Å²) in [6.07, 6.45) is 0. The molecule has 0 radical (unpaired) electrons. The molecule has 0 aliphatic heterocycles. The molecule has 0 spiro atoms. The SMILES string of the molecule is COc1ccccc1C(C)NC(=O)c1ccc(CNC(N)=O)cc1. The maximum atomic E-state index is 12.4. The summed E-state index contributed by atoms with van der Waals surface area (Å²) >= 11 is 0. The fourth-order valence-electron chi connectivity index (χ4n) is 2.35. The van der Waals surface area contributed by atoms with E-state index in [4.69, 9.17) is 10.5 Å². The molecule has 0 heterocycles. The number of methoxy groups -OCH3 is 1. The second-order valence-electron chi connectivity index (χ2n) is 5.35. The zero-order chi connectivity index (χ0) is 17.5. The number of hydrogen-bond donors (Lipinski definition) is 3. The number of nitrogens with one attached hydrogen (secondary N) is 2. The van der Waals surface area contributed by atoms with Gasteiger partial charge in [0, 0.05) is 17.7 Å². The molecule has 6 nitrogen and oxygen atoms in total. The zero-order valence-corrected chi connectivity index (χ0v) is 13.7. The van der Waals surface area contributed by atoms with Crippen molar-refractivity contribution in [3.8, 4) is 5.75 Å². The van der Waals surface area contributed by atoms with Gasteiger partial charge in [-0.15, -0.1) is 0 Å². The third kappa shape index (κ3) is 4.49. The smallest absolute Gasteiger partial charge is 0.312 e. The van der Waals surface area contributed by atoms with Gasteiger partial charge in [0.2, 0.25) is 0 Å². The molecule has 3 amide bonds. The molecule has 126 valence electrons. The molecule has 0 aliphatic rings. The molecule has 2 rings (SSSR count). The first-order chi connectivity index (χ1) is 11.5. The second kappa shape index (κ2) is 8.01. The second-order valence-corrected chi connectivity index (χ2v) is 5.35. The van der Waals surface area contributed by atoms with Crippen LogP contribution < -0.4 is 21.1 Å². The fourth-order valence-corrected chi connectivity index (χ4v) is 2.35. The zero-order valence-electron chi connectivity index (χ0n) is 13.7. The number of carbonyl (C=O) groups excluding carboxylic acids is 2. The van der Waals surface area contributed by atoms with E-state index < -0.39 is 6.03 Å². The van der Waals surface area contributed by atoms with Crippen molar-refractivity contribution in [3.05, 3.63) is 65.2 Å². The van der Waals surface area contributed by atoms with E-state index in [1.807, 2.05) is 31.2 Å². The fraction of sp³-hybridized carbons (Fsp3) is 0.222. The number of benzene rings is 2. The Bertz CT molecular complexity index is 714. The van der Waals surface area contributed by atoms with Crippen LogP contribution in [0.3, 0.4) is 0 Å². The number of primary amides is 1. The van der Waals surface area contributed by atoms with Gasteiger partial charge in [0.05, 0.1) is 13.2 Å². The van der Waals surface area contributed by atoms with Crippen molar-refractivity contribution in [2.45, 2.75) is 19.5 Å². The molecule has 0 saturated heterocycles. The molecule has 2 aromatic carbocycles. The van der Waals surface area contributed by atoms with Crippen LogP contribution in [-0.2, 0) is 6.54 Å². The predicted molar refractivity (Wildman–Crippen MR) is 91.7 cm³/mol. The minimum absolute atomic E-state index is 0.178. The Hall–Kier alpha value is -3.02. The van der Waals surface area contributed by atoms with Crippen LogP contribution in [0.5, 0.6) is 5.75 Å². The Morgan fingerprint density at radius 1 is 1.12 bits per heavy atom. The van der Waals surface area contributed by atoms with Gasteiger partial charge in [-0.1, -0.05) is 30.3 Å². The van der Waals surface area contributed by atoms with E-state index in [0.29, 0.717) is 12.1 Å². The standard InChI is InChI=1S/C18H21N3O3/c1-12(15-5-3-4-6-16(15)24-2)21-17(22)14-9-7-13(8-10-14)11-20-18(19)23/h3-10,12H,11H2,1-2H3,(H,21,22)(H3,19,20,23). The largest absolute Gasteiger partial charge is 0.496 e. The van der Waals surface area contributed by atoms with Gasteiger partial charge in [-0.25, -0.2) is 4.79 Å². The highest BCUT2D eigenvalue weighted by Crippen LogP contribution is 2.24. The number of rotatable bonds is 6. The lowest BCUT2D eigenvalue weighted by molar-refractivity contribution is 0.0939. The molecular weight excluding hydrogens is 306 g/mol. The molecular formula is C18H21N3O3. The molecule has 2 aromatic rings. The van der Waals surface area contributed by atoms with Gasteiger partial charge in [-0.2, -0.15) is 0 Å². The van der Waals surface area contributed by atoms with E-state index in [9.17, 15) is 9.59 Å². The Morgan fingerprint density at radius 2 is 1.79 bits per heavy atom. The quantitative estimate of drug-likeness (QED) is 0.760. The molecule has 0 saturated carbocycles. The molecule has 0 fully saturated rings. The third-order valence-electron chi connectivity index (χ3n) is 3.64. The first-order valence-corrected chi connectivity index (χ1v) is 7.57. The summed E-state index contributed by atoms with van der Waals surface area (Å²) in [5.41, 5.74) is 7.35. The van der Waals surface area contributed by atoms with Gasteiger partial charge in [-0.3, -0.25) is 4.79 Å². The summed E-state index contributed by atoms with van der Waals surface area (Å²) in [6, 6.07) is 13.8. The van der Waals surface area contributed by atoms with Crippen molar-refractivity contribution < 1.29 is 14.3 Å². The van der Waals surface area contributed by atoms with Gasteiger partial charge in [-0.05, 0) is 30.7 Å². The van der Waals surface area contributed by atoms with E-state index >= 15 is 0 Å². The lowest BCUT2D eigenvalue weighted by Crippen LogP contribution is -2.29. The number of para-hydroxylation sites is 1. The number of nitrogens with two attached hydrogens (primary N) is 1. The highest BCUT2D eigenvalue weighted by Gasteiger charge is 2.14. The van der Waals surface area contributed by atoms with Crippen LogP contribution in [-0.4, -0.2) is 19.0 Å². The maximum absolute atomic E-state index is 12.4. The molecule has 1 unspecified atom stereocenters. The van der Waals surface area contributed by atoms with Crippen LogP contribution in [0.1, 0.15) is 34.5 Å². The Kier molecular flexibility index (Phi) is 5.78. The maximum Gasteiger partial charge on any atom is 0.312 e. The molecule has 0 aliphatic carbocycles. The van der Waals surface area contributed by atoms with Crippen molar-refractivity contribution in [2.24, 2.45) is 5.73 Å². The number of carbonyl (C=O) groups is 2. The van der Waals surface area contributed by atoms with Crippen molar-refractivity contribution in [2.75, 3.05) is 7.11 Å². The number of amides is 3. The van der Waals surface area contributed by atoms with E-state index in [2.05, 4.69) is 10.6 Å². The summed E-state index contributed by atoms with van der Waals surface area (Å²) < 4.78 is 5.32. The van der Waals surface area contributed by atoms with Gasteiger partial charge in [0.15, 0.2) is 0 Å². The molecule has 1 atom stereocenters. The number of urea groups is 1. The van der Waals surface area contributed by atoms with E-state index in [1.165, 1.54) is 0 Å². The predicted octanol–water partition coefficient (Wildman–Crippen LogP) is 2.35. The van der Waals surface area contributed by atoms with E-state index in [0.717, 1.165) is 16.9 Å². The van der Waals surface area contributed by atoms with Gasteiger partial charge >= 0.3 is 6.03 Å². The van der Waals surface area contributed by atoms with Crippen LogP contribution in [0, 0.1) is 0 Å². The topological polar surface area (TPSA) is 93.4 Å². The van der Waals surface area contributed by atoms with Crippen molar-refractivity contribution >= 4 is 11.9 Å². The molecule has 0 bridgehead atoms. The summed E-state index contributed by atoms with van der Waals surface area (Å²) in [5, 5.41) is 5.45. The van der Waals surface area contributed by atoms with Crippen molar-refractivity contribution in [3.63, 3.8) is 0 Å². The Balaban J connectivity index is 2.02. The van der Waals surface area contributed by atoms with Crippen LogP contribution in [0.15, 0.2) is 48.5 Å². The number of ether oxygens (including phenoxy) is 1. The van der Waals surface area contributed by atoms with E-state index in [1.54, 1.807) is 31.4 Å². The average molecular weight is 327 g/mol. The van der Waals surface area contributed by atoms with E-state index in [-0.39, 0.29) is 11.9 Å². The number of hydrogen-bond acceptors (Lipinski definition) is 3. The Morgan fingerprint density at radius 3 is 2.42 bits per heavy atom. The van der Waals surface area contributed by atoms with Crippen LogP contribution >= 0.6 is 0 Å². The normalized spacial score (nSPS) is 11.4. The average Bonchev–Trinajstić information content (AvgIpc) is 2.60. The highest BCUT2D eigenvalue weighted by molar-refractivity contribution is 5.94. The molecule has 0 aromatic heterocycles. The molecule has 6 heteroatoms. The lowest BCUT2D eigenvalue weighted by atomic mass is 10.1. The summed E-state index contributed by atoms with van der Waals surface area (Å²) in [7, 11) is 1.60. The van der Waals surface area contributed by atoms with Crippen LogP contribution in [0.25, 0.3) is 0 Å². The summed E-state index contributed by atoms with van der Waals surface area (Å²) in [5.74, 6) is 0.556. The summed E-state index contributed by atoms with van der Waals surface area (Å²) in [6.45, 7) is 2.23. The lowest BCUT2D eigenvalue weighted by Gasteiger charge is -2.17. The highest BCUT2D eigenvalue weighted by atomic mass is 16.5. The molecule has 24 heavy (non-hydrogen) atoms. The first kappa shape index (κ1) is 17.3. The van der Waals surface area contributed by atoms with Gasteiger partial charge < -0.3 is 21.1 Å². The Labute approximate surface area is 141 Å². The van der Waals surface area contributed by atoms with Crippen molar-refractivity contribution in [1.29, 1.82) is 0 Å². The minimum atomic E-state index is -0.581. The molecule has 4 N–H and O–H groups in total. The van der Waals surface area contributed by atoms with Crippen LogP contribution in [0.4, 0.5) is 4.79 Å². The first-order valence-electron chi connectivity index (χ1n) is 7.57. The van der Waals surface area contributed by atoms with Crippen LogP contribution in [0.2, 0.25) is 0 Å². The van der Waals surface area contributed by atoms with Gasteiger partial charge in [0.1, 0.15) is 5.75 Å². The third-order valence-corrected chi connectivity index (χ3v) is 3.64. The monoisotopic (exact) mass is 327 g/mol. The summed E-state index contributed by atoms with van der Waals surface area (Å²) in [4.78, 5) is 23.1. The van der Waals surface area contributed by atoms with Gasteiger partial charge in [0.25, 0.3) is 5.91 Å². The van der Waals surface area contributed by atoms with Crippen molar-refractivity contribution in [1.82, 2.24) is 10.6 Å². The minimum Gasteiger partial charge on any atom is -0.496 e.